The van der Waals surface area contributed by atoms with Crippen molar-refractivity contribution in [2.24, 2.45) is 0 Å². The molecule has 1 N–H and O–H groups in total. The molecule has 0 saturated heterocycles. The number of hydrogen-bond donors (Lipinski definition) is 1. The van der Waals surface area contributed by atoms with Gasteiger partial charge in [0.2, 0.25) is 11.8 Å². The fraction of sp³-hybridized carbons (Fsp3) is 0.750. The monoisotopic (exact) mass is 254 g/mol. The Balaban J connectivity index is 2.43. The highest BCUT2D eigenvalue weighted by Crippen LogP contribution is 2.10. The maximum Gasteiger partial charge on any atom is 0.240 e. The Morgan fingerprint density at radius 2 is 2.06 bits per heavy atom. The molecule has 0 aliphatic carbocycles. The van der Waals surface area contributed by atoms with Crippen molar-refractivity contribution in [1.29, 1.82) is 0 Å². The van der Waals surface area contributed by atoms with E-state index in [0.717, 1.165) is 0 Å². The molecule has 6 nitrogen and oxygen atoms in total. The maximum absolute atomic E-state index is 11.5. The normalized spacial score (nSPS) is 11.6. The highest BCUT2D eigenvalue weighted by molar-refractivity contribution is 5.78. The van der Waals surface area contributed by atoms with Crippen molar-refractivity contribution in [2.75, 3.05) is 13.6 Å². The van der Waals surface area contributed by atoms with Gasteiger partial charge in [-0.25, -0.2) is 0 Å². The lowest BCUT2D eigenvalue weighted by atomic mass is 10.2. The van der Waals surface area contributed by atoms with Crippen molar-refractivity contribution in [1.82, 2.24) is 20.4 Å². The van der Waals surface area contributed by atoms with Crippen LogP contribution in [-0.4, -0.2) is 40.6 Å². The first-order chi connectivity index (χ1) is 8.38. The lowest BCUT2D eigenvalue weighted by Gasteiger charge is -2.15. The second-order valence-electron chi connectivity index (χ2n) is 5.10. The molecule has 0 bridgehead atoms. The molecule has 0 atom stereocenters. The molecule has 1 rings (SSSR count). The summed E-state index contributed by atoms with van der Waals surface area (Å²) in [6, 6.07) is 0.154. The van der Waals surface area contributed by atoms with E-state index in [4.69, 9.17) is 4.52 Å². The van der Waals surface area contributed by atoms with Crippen LogP contribution < -0.4 is 5.32 Å². The molecule has 0 fully saturated rings. The van der Waals surface area contributed by atoms with Crippen molar-refractivity contribution in [2.45, 2.75) is 46.2 Å². The maximum atomic E-state index is 11.5. The topological polar surface area (TPSA) is 71.3 Å². The number of nitrogens with zero attached hydrogens (tertiary/aromatic N) is 3. The molecule has 0 aliphatic heterocycles. The molecule has 0 spiro atoms. The van der Waals surface area contributed by atoms with Crippen LogP contribution in [0.15, 0.2) is 4.52 Å². The van der Waals surface area contributed by atoms with Crippen LogP contribution in [-0.2, 0) is 11.3 Å². The fourth-order valence-corrected chi connectivity index (χ4v) is 1.47. The van der Waals surface area contributed by atoms with Gasteiger partial charge in [0.05, 0.1) is 13.1 Å². The predicted molar refractivity (Wildman–Crippen MR) is 68.0 cm³/mol. The summed E-state index contributed by atoms with van der Waals surface area (Å²) in [5.41, 5.74) is 0. The first-order valence-electron chi connectivity index (χ1n) is 6.19. The van der Waals surface area contributed by atoms with Crippen LogP contribution in [0.25, 0.3) is 0 Å². The lowest BCUT2D eigenvalue weighted by Crippen LogP contribution is -2.38. The zero-order valence-electron chi connectivity index (χ0n) is 11.7. The Labute approximate surface area is 108 Å². The van der Waals surface area contributed by atoms with Gasteiger partial charge in [-0.2, -0.15) is 4.98 Å². The molecule has 0 aromatic carbocycles. The van der Waals surface area contributed by atoms with E-state index in [1.807, 2.05) is 39.6 Å². The fourth-order valence-electron chi connectivity index (χ4n) is 1.47. The summed E-state index contributed by atoms with van der Waals surface area (Å²) in [6.07, 6.45) is 0. The summed E-state index contributed by atoms with van der Waals surface area (Å²) in [5, 5.41) is 6.72. The lowest BCUT2D eigenvalue weighted by molar-refractivity contribution is -0.122. The first-order valence-corrected chi connectivity index (χ1v) is 6.19. The van der Waals surface area contributed by atoms with Crippen LogP contribution in [0.2, 0.25) is 0 Å². The van der Waals surface area contributed by atoms with Crippen molar-refractivity contribution in [3.8, 4) is 0 Å². The summed E-state index contributed by atoms with van der Waals surface area (Å²) >= 11 is 0. The molecular formula is C12H22N4O2. The van der Waals surface area contributed by atoms with Gasteiger partial charge < -0.3 is 9.84 Å². The van der Waals surface area contributed by atoms with Gasteiger partial charge in [0, 0.05) is 12.0 Å². The van der Waals surface area contributed by atoms with Gasteiger partial charge in [-0.05, 0) is 20.9 Å². The van der Waals surface area contributed by atoms with E-state index < -0.39 is 0 Å². The summed E-state index contributed by atoms with van der Waals surface area (Å²) in [4.78, 5) is 17.7. The van der Waals surface area contributed by atoms with Crippen LogP contribution in [0.4, 0.5) is 0 Å². The van der Waals surface area contributed by atoms with Gasteiger partial charge in [0.15, 0.2) is 5.82 Å². The number of aromatic nitrogens is 2. The highest BCUT2D eigenvalue weighted by Gasteiger charge is 2.13. The summed E-state index contributed by atoms with van der Waals surface area (Å²) in [7, 11) is 1.85. The van der Waals surface area contributed by atoms with E-state index in [2.05, 4.69) is 15.5 Å². The Kier molecular flexibility index (Phi) is 5.27. The quantitative estimate of drug-likeness (QED) is 0.824. The molecule has 18 heavy (non-hydrogen) atoms. The number of carbonyl (C=O) groups is 1. The summed E-state index contributed by atoms with van der Waals surface area (Å²) in [5.74, 6) is 1.48. The minimum absolute atomic E-state index is 0.00361. The first kappa shape index (κ1) is 14.6. The molecule has 0 aliphatic rings. The second-order valence-corrected chi connectivity index (χ2v) is 5.10. The smallest absolute Gasteiger partial charge is 0.240 e. The van der Waals surface area contributed by atoms with E-state index >= 15 is 0 Å². The number of carbonyl (C=O) groups excluding carboxylic acids is 1. The number of likely N-dealkylation sites (N-methyl/N-ethyl adjacent to an activating group) is 1. The summed E-state index contributed by atoms with van der Waals surface area (Å²) in [6.45, 7) is 8.68. The Bertz CT molecular complexity index is 387. The molecule has 0 saturated carbocycles. The third-order valence-electron chi connectivity index (χ3n) is 2.27. The SMILES string of the molecule is CC(C)NC(=O)CN(C)Cc1nc(C(C)C)no1. The average Bonchev–Trinajstić information content (AvgIpc) is 2.63. The van der Waals surface area contributed by atoms with Crippen molar-refractivity contribution < 1.29 is 9.32 Å². The number of rotatable bonds is 6. The number of nitrogens with one attached hydrogen (secondary N) is 1. The third-order valence-corrected chi connectivity index (χ3v) is 2.27. The van der Waals surface area contributed by atoms with Gasteiger partial charge in [-0.15, -0.1) is 0 Å². The van der Waals surface area contributed by atoms with Gasteiger partial charge in [-0.3, -0.25) is 9.69 Å². The zero-order valence-corrected chi connectivity index (χ0v) is 11.7. The Morgan fingerprint density at radius 1 is 1.39 bits per heavy atom. The minimum Gasteiger partial charge on any atom is -0.353 e. The molecule has 1 aromatic heterocycles. The molecule has 102 valence electrons. The van der Waals surface area contributed by atoms with E-state index in [1.54, 1.807) is 0 Å². The molecule has 1 heterocycles. The van der Waals surface area contributed by atoms with Crippen molar-refractivity contribution >= 4 is 5.91 Å². The van der Waals surface area contributed by atoms with Crippen LogP contribution in [0, 0.1) is 0 Å². The molecule has 0 unspecified atom stereocenters. The van der Waals surface area contributed by atoms with E-state index in [9.17, 15) is 4.79 Å². The number of amides is 1. The van der Waals surface area contributed by atoms with Gasteiger partial charge in [0.1, 0.15) is 0 Å². The van der Waals surface area contributed by atoms with Gasteiger partial charge in [-0.1, -0.05) is 19.0 Å². The van der Waals surface area contributed by atoms with Gasteiger partial charge >= 0.3 is 0 Å². The van der Waals surface area contributed by atoms with Crippen LogP contribution in [0.3, 0.4) is 0 Å². The Morgan fingerprint density at radius 3 is 2.56 bits per heavy atom. The van der Waals surface area contributed by atoms with Crippen molar-refractivity contribution in [3.05, 3.63) is 11.7 Å². The van der Waals surface area contributed by atoms with E-state index in [0.29, 0.717) is 24.8 Å². The van der Waals surface area contributed by atoms with Crippen LogP contribution >= 0.6 is 0 Å². The molecule has 6 heteroatoms. The van der Waals surface area contributed by atoms with E-state index in [-0.39, 0.29) is 17.9 Å². The summed E-state index contributed by atoms with van der Waals surface area (Å²) < 4.78 is 5.12. The van der Waals surface area contributed by atoms with Crippen LogP contribution in [0.1, 0.15) is 45.3 Å². The third kappa shape index (κ3) is 4.83. The largest absolute Gasteiger partial charge is 0.353 e. The highest BCUT2D eigenvalue weighted by atomic mass is 16.5. The molecule has 0 radical (unpaired) electrons. The standard InChI is InChI=1S/C12H22N4O2/c1-8(2)12-14-11(18-15-12)7-16(5)6-10(17)13-9(3)4/h8-9H,6-7H2,1-5H3,(H,13,17). The molecule has 1 amide bonds. The second kappa shape index (κ2) is 6.49. The predicted octanol–water partition coefficient (Wildman–Crippen LogP) is 1.15. The molecular weight excluding hydrogens is 232 g/mol. The zero-order chi connectivity index (χ0) is 13.7. The van der Waals surface area contributed by atoms with Crippen LogP contribution in [0.5, 0.6) is 0 Å². The Hall–Kier alpha value is -1.43. The van der Waals surface area contributed by atoms with Gasteiger partial charge in [0.25, 0.3) is 0 Å². The number of hydrogen-bond acceptors (Lipinski definition) is 5. The average molecular weight is 254 g/mol. The van der Waals surface area contributed by atoms with E-state index in [1.165, 1.54) is 0 Å². The minimum atomic E-state index is -0.00361. The van der Waals surface area contributed by atoms with Crippen molar-refractivity contribution in [3.63, 3.8) is 0 Å². The molecule has 1 aromatic rings.